The van der Waals surface area contributed by atoms with Gasteiger partial charge in [0.05, 0.1) is 12.8 Å². The molecule has 1 unspecified atom stereocenters. The van der Waals surface area contributed by atoms with Crippen LogP contribution in [-0.2, 0) is 4.74 Å². The minimum atomic E-state index is -0.522. The van der Waals surface area contributed by atoms with Gasteiger partial charge in [-0.3, -0.25) is 0 Å². The Morgan fingerprint density at radius 2 is 2.45 bits per heavy atom. The lowest BCUT2D eigenvalue weighted by molar-refractivity contribution is 0.0607. The number of piperidine rings is 1. The molecule has 2 heterocycles. The summed E-state index contributed by atoms with van der Waals surface area (Å²) in [5.74, 6) is -0.328. The average Bonchev–Trinajstić information content (AvgIpc) is 2.83. The van der Waals surface area contributed by atoms with E-state index in [1.165, 1.54) is 18.4 Å². The van der Waals surface area contributed by atoms with E-state index < -0.39 is 5.97 Å². The van der Waals surface area contributed by atoms with Gasteiger partial charge in [0, 0.05) is 19.7 Å². The van der Waals surface area contributed by atoms with E-state index in [-0.39, 0.29) is 23.1 Å². The summed E-state index contributed by atoms with van der Waals surface area (Å²) in [6.07, 6.45) is 1.92. The predicted octanol–water partition coefficient (Wildman–Crippen LogP) is 1.20. The predicted molar refractivity (Wildman–Crippen MR) is 76.8 cm³/mol. The van der Waals surface area contributed by atoms with Crippen LogP contribution in [0.1, 0.15) is 28.1 Å². The van der Waals surface area contributed by atoms with Crippen LogP contribution in [0.3, 0.4) is 0 Å². The van der Waals surface area contributed by atoms with Crippen molar-refractivity contribution in [3.05, 3.63) is 10.4 Å². The second kappa shape index (κ2) is 6.11. The molecule has 7 heteroatoms. The number of rotatable bonds is 3. The summed E-state index contributed by atoms with van der Waals surface area (Å²) in [4.78, 5) is 14.0. The van der Waals surface area contributed by atoms with Crippen LogP contribution < -0.4 is 10.6 Å². The first-order valence-electron chi connectivity index (χ1n) is 6.38. The van der Waals surface area contributed by atoms with Crippen molar-refractivity contribution in [2.75, 3.05) is 37.4 Å². The highest BCUT2D eigenvalue weighted by Gasteiger charge is 2.28. The van der Waals surface area contributed by atoms with Gasteiger partial charge in [-0.25, -0.2) is 4.79 Å². The maximum absolute atomic E-state index is 11.7. The number of aliphatic hydroxyl groups is 1. The molecule has 1 aliphatic rings. The molecule has 0 amide bonds. The Morgan fingerprint density at radius 3 is 3.05 bits per heavy atom. The molecule has 6 nitrogen and oxygen atoms in total. The van der Waals surface area contributed by atoms with Crippen LogP contribution in [0, 0.1) is 17.2 Å². The number of carbonyl (C=O) groups excluding carboxylic acids is 1. The van der Waals surface area contributed by atoms with E-state index >= 15 is 0 Å². The third kappa shape index (κ3) is 2.57. The molecule has 1 aliphatic heterocycles. The van der Waals surface area contributed by atoms with Crippen molar-refractivity contribution in [3.8, 4) is 6.07 Å². The average molecular weight is 295 g/mol. The Bertz CT molecular complexity index is 550. The smallest absolute Gasteiger partial charge is 0.350 e. The maximum atomic E-state index is 11.7. The highest BCUT2D eigenvalue weighted by molar-refractivity contribution is 7.18. The van der Waals surface area contributed by atoms with E-state index in [2.05, 4.69) is 10.8 Å². The summed E-state index contributed by atoms with van der Waals surface area (Å²) in [5.41, 5.74) is 6.39. The standard InChI is InChI=1S/C13H17N3O3S/c1-19-13(18)11-10(15)9(5-14)12(20-11)16-4-2-3-8(6-16)7-17/h8,17H,2-4,6-7,15H2,1H3. The molecule has 0 radical (unpaired) electrons. The SMILES string of the molecule is COC(=O)c1sc(N2CCCC(CO)C2)c(C#N)c1N. The second-order valence-corrected chi connectivity index (χ2v) is 5.76. The molecule has 0 bridgehead atoms. The minimum Gasteiger partial charge on any atom is -0.465 e. The summed E-state index contributed by atoms with van der Waals surface area (Å²) in [6.45, 7) is 1.60. The van der Waals surface area contributed by atoms with Gasteiger partial charge in [-0.15, -0.1) is 11.3 Å². The number of carbonyl (C=O) groups is 1. The van der Waals surface area contributed by atoms with Crippen molar-refractivity contribution < 1.29 is 14.6 Å². The molecule has 1 saturated heterocycles. The third-order valence-electron chi connectivity index (χ3n) is 3.47. The van der Waals surface area contributed by atoms with Crippen molar-refractivity contribution in [3.63, 3.8) is 0 Å². The number of esters is 1. The topological polar surface area (TPSA) is 99.6 Å². The van der Waals surface area contributed by atoms with Crippen molar-refractivity contribution in [2.24, 2.45) is 5.92 Å². The number of thiophene rings is 1. The molecule has 1 fully saturated rings. The molecule has 2 rings (SSSR count). The molecule has 1 aromatic rings. The van der Waals surface area contributed by atoms with Gasteiger partial charge in [0.1, 0.15) is 21.5 Å². The molecule has 20 heavy (non-hydrogen) atoms. The zero-order valence-corrected chi connectivity index (χ0v) is 12.1. The molecule has 108 valence electrons. The van der Waals surface area contributed by atoms with E-state index in [0.29, 0.717) is 17.1 Å². The Kier molecular flexibility index (Phi) is 4.47. The van der Waals surface area contributed by atoms with Gasteiger partial charge in [-0.2, -0.15) is 5.26 Å². The quantitative estimate of drug-likeness (QED) is 0.813. The monoisotopic (exact) mass is 295 g/mol. The summed E-state index contributed by atoms with van der Waals surface area (Å²) < 4.78 is 4.68. The van der Waals surface area contributed by atoms with E-state index in [1.54, 1.807) is 0 Å². The molecule has 3 N–H and O–H groups in total. The minimum absolute atomic E-state index is 0.128. The Labute approximate surface area is 121 Å². The largest absolute Gasteiger partial charge is 0.465 e. The fraction of sp³-hybridized carbons (Fsp3) is 0.538. The van der Waals surface area contributed by atoms with Crippen LogP contribution in [0.25, 0.3) is 0 Å². The summed E-state index contributed by atoms with van der Waals surface area (Å²) in [7, 11) is 1.29. The number of ether oxygens (including phenoxy) is 1. The number of methoxy groups -OCH3 is 1. The van der Waals surface area contributed by atoms with Gasteiger partial charge >= 0.3 is 5.97 Å². The van der Waals surface area contributed by atoms with Gasteiger partial charge in [0.25, 0.3) is 0 Å². The van der Waals surface area contributed by atoms with E-state index in [1.807, 2.05) is 4.90 Å². The number of hydrogen-bond donors (Lipinski definition) is 2. The third-order valence-corrected chi connectivity index (χ3v) is 4.72. The van der Waals surface area contributed by atoms with Gasteiger partial charge in [0.15, 0.2) is 0 Å². The molecule has 0 aliphatic carbocycles. The van der Waals surface area contributed by atoms with E-state index in [4.69, 9.17) is 5.73 Å². The summed E-state index contributed by atoms with van der Waals surface area (Å²) >= 11 is 1.18. The molecular weight excluding hydrogens is 278 g/mol. The van der Waals surface area contributed by atoms with Crippen LogP contribution in [0.2, 0.25) is 0 Å². The molecule has 1 atom stereocenters. The lowest BCUT2D eigenvalue weighted by Gasteiger charge is -2.32. The number of aliphatic hydroxyl groups excluding tert-OH is 1. The normalized spacial score (nSPS) is 18.6. The highest BCUT2D eigenvalue weighted by atomic mass is 32.1. The van der Waals surface area contributed by atoms with Crippen molar-refractivity contribution in [1.29, 1.82) is 5.26 Å². The Hall–Kier alpha value is -1.78. The van der Waals surface area contributed by atoms with Gasteiger partial charge in [-0.05, 0) is 18.8 Å². The zero-order chi connectivity index (χ0) is 14.7. The van der Waals surface area contributed by atoms with Crippen molar-refractivity contribution in [1.82, 2.24) is 0 Å². The lowest BCUT2D eigenvalue weighted by atomic mass is 9.99. The van der Waals surface area contributed by atoms with Crippen LogP contribution in [-0.4, -0.2) is 37.9 Å². The fourth-order valence-electron chi connectivity index (χ4n) is 2.41. The number of nitrogen functional groups attached to an aromatic ring is 1. The van der Waals surface area contributed by atoms with Gasteiger partial charge < -0.3 is 20.5 Å². The van der Waals surface area contributed by atoms with Gasteiger partial charge in [0.2, 0.25) is 0 Å². The van der Waals surface area contributed by atoms with Crippen LogP contribution in [0.4, 0.5) is 10.7 Å². The van der Waals surface area contributed by atoms with Crippen molar-refractivity contribution >= 4 is 28.0 Å². The van der Waals surface area contributed by atoms with Crippen LogP contribution >= 0.6 is 11.3 Å². The Balaban J connectivity index is 2.36. The number of nitriles is 1. The number of nitrogens with zero attached hydrogens (tertiary/aromatic N) is 2. The lowest BCUT2D eigenvalue weighted by Crippen LogP contribution is -2.36. The molecule has 0 saturated carbocycles. The molecule has 0 spiro atoms. The second-order valence-electron chi connectivity index (χ2n) is 4.77. The molecule has 1 aromatic heterocycles. The first-order chi connectivity index (χ1) is 9.62. The van der Waals surface area contributed by atoms with Gasteiger partial charge in [-0.1, -0.05) is 0 Å². The Morgan fingerprint density at radius 1 is 1.70 bits per heavy atom. The molecule has 0 aromatic carbocycles. The number of nitrogens with two attached hydrogens (primary N) is 1. The number of hydrogen-bond acceptors (Lipinski definition) is 7. The van der Waals surface area contributed by atoms with Crippen molar-refractivity contribution in [2.45, 2.75) is 12.8 Å². The summed E-state index contributed by atoms with van der Waals surface area (Å²) in [6, 6.07) is 2.07. The highest BCUT2D eigenvalue weighted by Crippen LogP contribution is 2.39. The maximum Gasteiger partial charge on any atom is 0.350 e. The molecular formula is C13H17N3O3S. The van der Waals surface area contributed by atoms with E-state index in [0.717, 1.165) is 19.4 Å². The first kappa shape index (κ1) is 14.6. The van der Waals surface area contributed by atoms with Crippen LogP contribution in [0.15, 0.2) is 0 Å². The van der Waals surface area contributed by atoms with Crippen LogP contribution in [0.5, 0.6) is 0 Å². The zero-order valence-electron chi connectivity index (χ0n) is 11.3. The number of anilines is 2. The first-order valence-corrected chi connectivity index (χ1v) is 7.20. The van der Waals surface area contributed by atoms with E-state index in [9.17, 15) is 15.2 Å². The fourth-order valence-corrected chi connectivity index (χ4v) is 3.53. The summed E-state index contributed by atoms with van der Waals surface area (Å²) in [5, 5.41) is 19.2.